The summed E-state index contributed by atoms with van der Waals surface area (Å²) in [5.41, 5.74) is 2.75. The zero-order chi connectivity index (χ0) is 22.9. The lowest BCUT2D eigenvalue weighted by Crippen LogP contribution is -2.34. The molecule has 7 heteroatoms. The molecule has 0 saturated heterocycles. The summed E-state index contributed by atoms with van der Waals surface area (Å²) >= 11 is 11.1. The van der Waals surface area contributed by atoms with E-state index >= 15 is 0 Å². The van der Waals surface area contributed by atoms with Crippen molar-refractivity contribution in [3.8, 4) is 0 Å². The van der Waals surface area contributed by atoms with Crippen molar-refractivity contribution in [1.29, 1.82) is 0 Å². The van der Waals surface area contributed by atoms with Gasteiger partial charge in [-0.05, 0) is 60.6 Å². The molecule has 0 heterocycles. The summed E-state index contributed by atoms with van der Waals surface area (Å²) in [4.78, 5) is 25.0. The normalized spacial score (nSPS) is 11.6. The molecule has 162 valence electrons. The molecule has 0 fully saturated rings. The lowest BCUT2D eigenvalue weighted by Gasteiger charge is -2.17. The van der Waals surface area contributed by atoms with Gasteiger partial charge in [0.15, 0.2) is 5.11 Å². The molecule has 0 spiro atoms. The van der Waals surface area contributed by atoms with Crippen LogP contribution in [0.5, 0.6) is 0 Å². The number of carbonyl (C=O) groups excluding carboxylic acids is 2. The smallest absolute Gasteiger partial charge is 0.253 e. The summed E-state index contributed by atoms with van der Waals surface area (Å²) in [7, 11) is 0. The van der Waals surface area contributed by atoms with Crippen molar-refractivity contribution >= 4 is 52.5 Å². The zero-order valence-electron chi connectivity index (χ0n) is 17.3. The molecule has 5 nitrogen and oxygen atoms in total. The number of para-hydroxylation sites is 1. The van der Waals surface area contributed by atoms with E-state index in [1.165, 1.54) is 6.08 Å². The highest BCUT2D eigenvalue weighted by atomic mass is 35.5. The number of anilines is 1. The van der Waals surface area contributed by atoms with Crippen LogP contribution in [0.25, 0.3) is 6.08 Å². The summed E-state index contributed by atoms with van der Waals surface area (Å²) < 4.78 is 0. The highest BCUT2D eigenvalue weighted by molar-refractivity contribution is 7.80. The highest BCUT2D eigenvalue weighted by Gasteiger charge is 2.15. The van der Waals surface area contributed by atoms with E-state index in [0.29, 0.717) is 16.3 Å². The first kappa shape index (κ1) is 23.2. The van der Waals surface area contributed by atoms with E-state index < -0.39 is 5.91 Å². The molecule has 0 aromatic heterocycles. The topological polar surface area (TPSA) is 70.2 Å². The number of amides is 2. The van der Waals surface area contributed by atoms with Crippen molar-refractivity contribution in [1.82, 2.24) is 10.6 Å². The van der Waals surface area contributed by atoms with Crippen LogP contribution in [0, 0.1) is 0 Å². The van der Waals surface area contributed by atoms with E-state index in [1.54, 1.807) is 54.6 Å². The van der Waals surface area contributed by atoms with Gasteiger partial charge in [0.2, 0.25) is 5.91 Å². The summed E-state index contributed by atoms with van der Waals surface area (Å²) in [6.07, 6.45) is 3.03. The number of benzene rings is 3. The molecule has 1 unspecified atom stereocenters. The van der Waals surface area contributed by atoms with Crippen molar-refractivity contribution in [2.24, 2.45) is 0 Å². The second kappa shape index (κ2) is 11.2. The number of hydrogen-bond acceptors (Lipinski definition) is 3. The predicted molar refractivity (Wildman–Crippen MR) is 134 cm³/mol. The number of halogens is 1. The standard InChI is InChI=1S/C25H22ClN3O2S/c1-17(19-7-3-2-4-8-19)27-24(31)21-9-5-6-10-22(21)28-25(32)29-23(30)16-13-18-11-14-20(26)15-12-18/h2-17H,1H3,(H,27,31)(H2,28,29,30,32)/b16-13+. The first-order chi connectivity index (χ1) is 15.4. The summed E-state index contributed by atoms with van der Waals surface area (Å²) in [5, 5.41) is 9.20. The van der Waals surface area contributed by atoms with Crippen LogP contribution in [-0.2, 0) is 4.79 Å². The quantitative estimate of drug-likeness (QED) is 0.340. The predicted octanol–water partition coefficient (Wildman–Crippen LogP) is 5.36. The van der Waals surface area contributed by atoms with Gasteiger partial charge in [-0.15, -0.1) is 0 Å². The van der Waals surface area contributed by atoms with Gasteiger partial charge in [-0.3, -0.25) is 14.9 Å². The highest BCUT2D eigenvalue weighted by Crippen LogP contribution is 2.18. The number of carbonyl (C=O) groups is 2. The third-order valence-corrected chi connectivity index (χ3v) is 5.06. The minimum absolute atomic E-state index is 0.0899. The molecule has 3 aromatic rings. The maximum atomic E-state index is 12.8. The first-order valence-corrected chi connectivity index (χ1v) is 10.7. The Balaban J connectivity index is 1.61. The SMILES string of the molecule is CC(NC(=O)c1ccccc1NC(=S)NC(=O)/C=C/c1ccc(Cl)cc1)c1ccccc1. The number of thiocarbonyl (C=S) groups is 1. The third kappa shape index (κ3) is 6.77. The van der Waals surface area contributed by atoms with E-state index in [0.717, 1.165) is 11.1 Å². The molecule has 0 radical (unpaired) electrons. The maximum absolute atomic E-state index is 12.8. The number of rotatable bonds is 6. The van der Waals surface area contributed by atoms with E-state index in [9.17, 15) is 9.59 Å². The van der Waals surface area contributed by atoms with Crippen molar-refractivity contribution in [2.45, 2.75) is 13.0 Å². The second-order valence-corrected chi connectivity index (χ2v) is 7.82. The molecule has 0 saturated carbocycles. The molecule has 0 bridgehead atoms. The summed E-state index contributed by atoms with van der Waals surface area (Å²) in [5.74, 6) is -0.640. The average molecular weight is 464 g/mol. The molecule has 0 aliphatic carbocycles. The van der Waals surface area contributed by atoms with Gasteiger partial charge in [-0.1, -0.05) is 66.2 Å². The number of nitrogens with one attached hydrogen (secondary N) is 3. The molecule has 0 aliphatic rings. The fourth-order valence-electron chi connectivity index (χ4n) is 2.94. The van der Waals surface area contributed by atoms with Gasteiger partial charge in [0.25, 0.3) is 5.91 Å². The zero-order valence-corrected chi connectivity index (χ0v) is 18.9. The first-order valence-electron chi connectivity index (χ1n) is 9.93. The molecule has 0 aliphatic heterocycles. The van der Waals surface area contributed by atoms with Crippen LogP contribution < -0.4 is 16.0 Å². The van der Waals surface area contributed by atoms with Gasteiger partial charge >= 0.3 is 0 Å². The Morgan fingerprint density at radius 2 is 1.59 bits per heavy atom. The molecule has 3 N–H and O–H groups in total. The average Bonchev–Trinajstić information content (AvgIpc) is 2.79. The van der Waals surface area contributed by atoms with Crippen molar-refractivity contribution in [3.05, 3.63) is 107 Å². The lowest BCUT2D eigenvalue weighted by molar-refractivity contribution is -0.115. The largest absolute Gasteiger partial charge is 0.345 e. The molecular formula is C25H22ClN3O2S. The van der Waals surface area contributed by atoms with Crippen LogP contribution in [0.4, 0.5) is 5.69 Å². The van der Waals surface area contributed by atoms with Gasteiger partial charge in [-0.25, -0.2) is 0 Å². The molecular weight excluding hydrogens is 442 g/mol. The minimum atomic E-state index is -0.392. The maximum Gasteiger partial charge on any atom is 0.253 e. The minimum Gasteiger partial charge on any atom is -0.345 e. The Kier molecular flexibility index (Phi) is 8.14. The van der Waals surface area contributed by atoms with Gasteiger partial charge in [0.05, 0.1) is 17.3 Å². The van der Waals surface area contributed by atoms with Gasteiger partial charge in [0, 0.05) is 11.1 Å². The molecule has 2 amide bonds. The summed E-state index contributed by atoms with van der Waals surface area (Å²) in [6, 6.07) is 23.6. The monoisotopic (exact) mass is 463 g/mol. The fraction of sp³-hybridized carbons (Fsp3) is 0.0800. The fourth-order valence-corrected chi connectivity index (χ4v) is 3.28. The van der Waals surface area contributed by atoms with Crippen LogP contribution in [0.3, 0.4) is 0 Å². The van der Waals surface area contributed by atoms with Crippen molar-refractivity contribution in [2.75, 3.05) is 5.32 Å². The molecule has 3 rings (SSSR count). The van der Waals surface area contributed by atoms with E-state index in [1.807, 2.05) is 37.3 Å². The van der Waals surface area contributed by atoms with Crippen LogP contribution in [0.15, 0.2) is 84.9 Å². The Labute approximate surface area is 197 Å². The van der Waals surface area contributed by atoms with Crippen LogP contribution >= 0.6 is 23.8 Å². The van der Waals surface area contributed by atoms with Crippen molar-refractivity contribution < 1.29 is 9.59 Å². The van der Waals surface area contributed by atoms with E-state index in [4.69, 9.17) is 23.8 Å². The van der Waals surface area contributed by atoms with Gasteiger partial charge in [0.1, 0.15) is 0 Å². The van der Waals surface area contributed by atoms with Gasteiger partial charge in [-0.2, -0.15) is 0 Å². The Hall–Kier alpha value is -3.48. The Morgan fingerprint density at radius 1 is 0.938 bits per heavy atom. The Morgan fingerprint density at radius 3 is 2.31 bits per heavy atom. The van der Waals surface area contributed by atoms with E-state index in [2.05, 4.69) is 16.0 Å². The van der Waals surface area contributed by atoms with Crippen molar-refractivity contribution in [3.63, 3.8) is 0 Å². The van der Waals surface area contributed by atoms with Gasteiger partial charge < -0.3 is 10.6 Å². The summed E-state index contributed by atoms with van der Waals surface area (Å²) in [6.45, 7) is 1.92. The number of hydrogen-bond donors (Lipinski definition) is 3. The molecule has 32 heavy (non-hydrogen) atoms. The lowest BCUT2D eigenvalue weighted by atomic mass is 10.1. The van der Waals surface area contributed by atoms with Crippen LogP contribution in [0.1, 0.15) is 34.5 Å². The van der Waals surface area contributed by atoms with E-state index in [-0.39, 0.29) is 17.1 Å². The molecule has 3 aromatic carbocycles. The van der Waals surface area contributed by atoms with Crippen LogP contribution in [-0.4, -0.2) is 16.9 Å². The Bertz CT molecular complexity index is 1130. The third-order valence-electron chi connectivity index (χ3n) is 4.60. The second-order valence-electron chi connectivity index (χ2n) is 6.98. The van der Waals surface area contributed by atoms with Crippen LogP contribution in [0.2, 0.25) is 5.02 Å². The molecule has 1 atom stereocenters.